The van der Waals surface area contributed by atoms with Crippen molar-refractivity contribution in [3.8, 4) is 5.75 Å². The Morgan fingerprint density at radius 3 is 2.84 bits per heavy atom. The van der Waals surface area contributed by atoms with Crippen LogP contribution in [0.25, 0.3) is 0 Å². The van der Waals surface area contributed by atoms with Crippen LogP contribution in [-0.2, 0) is 4.74 Å². The van der Waals surface area contributed by atoms with E-state index in [2.05, 4.69) is 10.2 Å². The van der Waals surface area contributed by atoms with Gasteiger partial charge in [-0.3, -0.25) is 4.79 Å². The molecule has 0 N–H and O–H groups in total. The van der Waals surface area contributed by atoms with Crippen LogP contribution >= 0.6 is 0 Å². The van der Waals surface area contributed by atoms with Gasteiger partial charge in [-0.1, -0.05) is 12.1 Å². The fraction of sp³-hybridized carbons (Fsp3) is 0.500. The quantitative estimate of drug-likeness (QED) is 0.849. The number of para-hydroxylation sites is 1. The van der Waals surface area contributed by atoms with Gasteiger partial charge in [0.15, 0.2) is 6.10 Å². The molecule has 0 spiro atoms. The highest BCUT2D eigenvalue weighted by Gasteiger charge is 2.31. The SMILES string of the molecule is Cc1nnc(C2CN(C(=O)c3ccccc3OC3CCC3)CCO2)o1. The van der Waals surface area contributed by atoms with E-state index in [1.165, 1.54) is 6.42 Å². The number of amides is 1. The van der Waals surface area contributed by atoms with Gasteiger partial charge in [0.25, 0.3) is 5.91 Å². The second kappa shape index (κ2) is 6.84. The number of hydrogen-bond acceptors (Lipinski definition) is 6. The third kappa shape index (κ3) is 3.37. The molecule has 1 saturated heterocycles. The zero-order chi connectivity index (χ0) is 17.2. The van der Waals surface area contributed by atoms with Crippen molar-refractivity contribution in [2.45, 2.75) is 38.4 Å². The molecule has 1 aliphatic carbocycles. The highest BCUT2D eigenvalue weighted by molar-refractivity contribution is 5.97. The van der Waals surface area contributed by atoms with Crippen LogP contribution < -0.4 is 4.74 Å². The standard InChI is InChI=1S/C18H21N3O4/c1-12-19-20-17(24-12)16-11-21(9-10-23-16)18(22)14-7-2-3-8-15(14)25-13-5-4-6-13/h2-3,7-8,13,16H,4-6,9-11H2,1H3. The lowest BCUT2D eigenvalue weighted by atomic mass is 9.96. The summed E-state index contributed by atoms with van der Waals surface area (Å²) in [7, 11) is 0. The number of carbonyl (C=O) groups is 1. The van der Waals surface area contributed by atoms with Gasteiger partial charge in [0, 0.05) is 13.5 Å². The Kier molecular flexibility index (Phi) is 4.40. The van der Waals surface area contributed by atoms with Crippen molar-refractivity contribution in [1.29, 1.82) is 0 Å². The van der Waals surface area contributed by atoms with Gasteiger partial charge < -0.3 is 18.8 Å². The smallest absolute Gasteiger partial charge is 0.257 e. The second-order valence-corrected chi connectivity index (χ2v) is 6.44. The lowest BCUT2D eigenvalue weighted by Crippen LogP contribution is -2.42. The first-order valence-corrected chi connectivity index (χ1v) is 8.67. The predicted molar refractivity (Wildman–Crippen MR) is 88.3 cm³/mol. The topological polar surface area (TPSA) is 77.7 Å². The molecule has 1 saturated carbocycles. The molecule has 0 bridgehead atoms. The molecule has 1 atom stereocenters. The summed E-state index contributed by atoms with van der Waals surface area (Å²) in [6.45, 7) is 3.08. The normalized spacial score (nSPS) is 21.0. The van der Waals surface area contributed by atoms with E-state index >= 15 is 0 Å². The Labute approximate surface area is 145 Å². The number of benzene rings is 1. The molecular formula is C18H21N3O4. The monoisotopic (exact) mass is 343 g/mol. The van der Waals surface area contributed by atoms with E-state index in [1.54, 1.807) is 11.8 Å². The minimum Gasteiger partial charge on any atom is -0.490 e. The fourth-order valence-electron chi connectivity index (χ4n) is 3.01. The van der Waals surface area contributed by atoms with Crippen molar-refractivity contribution in [1.82, 2.24) is 15.1 Å². The van der Waals surface area contributed by atoms with Gasteiger partial charge in [-0.2, -0.15) is 0 Å². The van der Waals surface area contributed by atoms with Gasteiger partial charge >= 0.3 is 0 Å². The molecule has 2 aromatic rings. The Balaban J connectivity index is 1.50. The summed E-state index contributed by atoms with van der Waals surface area (Å²) in [6.07, 6.45) is 3.14. The van der Waals surface area contributed by atoms with Crippen LogP contribution in [0.5, 0.6) is 5.75 Å². The third-order valence-corrected chi connectivity index (χ3v) is 4.63. The molecule has 0 radical (unpaired) electrons. The van der Waals surface area contributed by atoms with Crippen LogP contribution in [0.1, 0.15) is 47.5 Å². The van der Waals surface area contributed by atoms with E-state index in [1.807, 2.05) is 24.3 Å². The minimum absolute atomic E-state index is 0.0561. The molecule has 2 aliphatic rings. The number of aryl methyl sites for hydroxylation is 1. The van der Waals surface area contributed by atoms with Crippen LogP contribution in [-0.4, -0.2) is 46.8 Å². The fourth-order valence-corrected chi connectivity index (χ4v) is 3.01. The van der Waals surface area contributed by atoms with Crippen LogP contribution in [0.15, 0.2) is 28.7 Å². The first kappa shape index (κ1) is 16.1. The van der Waals surface area contributed by atoms with Crippen LogP contribution in [0.2, 0.25) is 0 Å². The number of nitrogens with zero attached hydrogens (tertiary/aromatic N) is 3. The van der Waals surface area contributed by atoms with Gasteiger partial charge in [-0.25, -0.2) is 0 Å². The Morgan fingerprint density at radius 2 is 2.12 bits per heavy atom. The lowest BCUT2D eigenvalue weighted by Gasteiger charge is -2.32. The minimum atomic E-state index is -0.390. The molecule has 4 rings (SSSR count). The highest BCUT2D eigenvalue weighted by atomic mass is 16.5. The number of aromatic nitrogens is 2. The van der Waals surface area contributed by atoms with Crippen molar-refractivity contribution in [2.24, 2.45) is 0 Å². The predicted octanol–water partition coefficient (Wildman–Crippen LogP) is 2.52. The average molecular weight is 343 g/mol. The number of morpholine rings is 1. The van der Waals surface area contributed by atoms with Crippen molar-refractivity contribution in [3.63, 3.8) is 0 Å². The van der Waals surface area contributed by atoms with Crippen molar-refractivity contribution >= 4 is 5.91 Å². The van der Waals surface area contributed by atoms with Crippen molar-refractivity contribution in [3.05, 3.63) is 41.6 Å². The zero-order valence-corrected chi connectivity index (χ0v) is 14.2. The second-order valence-electron chi connectivity index (χ2n) is 6.44. The van der Waals surface area contributed by atoms with Crippen molar-refractivity contribution in [2.75, 3.05) is 19.7 Å². The number of rotatable bonds is 4. The number of carbonyl (C=O) groups excluding carboxylic acids is 1. The largest absolute Gasteiger partial charge is 0.490 e. The van der Waals surface area contributed by atoms with E-state index in [0.29, 0.717) is 42.8 Å². The van der Waals surface area contributed by atoms with Gasteiger partial charge in [-0.05, 0) is 31.4 Å². The number of hydrogen-bond donors (Lipinski definition) is 0. The first-order chi connectivity index (χ1) is 12.2. The summed E-state index contributed by atoms with van der Waals surface area (Å²) in [5, 5.41) is 7.84. The third-order valence-electron chi connectivity index (χ3n) is 4.63. The molecule has 132 valence electrons. The summed E-state index contributed by atoms with van der Waals surface area (Å²) in [6, 6.07) is 7.44. The average Bonchev–Trinajstić information content (AvgIpc) is 3.04. The highest BCUT2D eigenvalue weighted by Crippen LogP contribution is 2.29. The van der Waals surface area contributed by atoms with E-state index in [-0.39, 0.29) is 12.0 Å². The first-order valence-electron chi connectivity index (χ1n) is 8.67. The van der Waals surface area contributed by atoms with E-state index in [0.717, 1.165) is 12.8 Å². The van der Waals surface area contributed by atoms with Gasteiger partial charge in [0.2, 0.25) is 11.8 Å². The molecule has 25 heavy (non-hydrogen) atoms. The van der Waals surface area contributed by atoms with E-state index < -0.39 is 6.10 Å². The zero-order valence-electron chi connectivity index (χ0n) is 14.2. The molecule has 2 fully saturated rings. The molecule has 1 aliphatic heterocycles. The molecule has 7 nitrogen and oxygen atoms in total. The van der Waals surface area contributed by atoms with Crippen molar-refractivity contribution < 1.29 is 18.7 Å². The Hall–Kier alpha value is -2.41. The summed E-state index contributed by atoms with van der Waals surface area (Å²) in [5.41, 5.74) is 0.594. The van der Waals surface area contributed by atoms with E-state index in [9.17, 15) is 4.79 Å². The van der Waals surface area contributed by atoms with Crippen LogP contribution in [0.3, 0.4) is 0 Å². The summed E-state index contributed by atoms with van der Waals surface area (Å²) in [5.74, 6) is 1.50. The molecule has 2 heterocycles. The summed E-state index contributed by atoms with van der Waals surface area (Å²) in [4.78, 5) is 14.8. The molecule has 1 amide bonds. The van der Waals surface area contributed by atoms with Gasteiger partial charge in [0.1, 0.15) is 5.75 Å². The van der Waals surface area contributed by atoms with Crippen LogP contribution in [0, 0.1) is 6.92 Å². The number of ether oxygens (including phenoxy) is 2. The van der Waals surface area contributed by atoms with Gasteiger partial charge in [0.05, 0.1) is 24.8 Å². The Morgan fingerprint density at radius 1 is 1.28 bits per heavy atom. The van der Waals surface area contributed by atoms with Gasteiger partial charge in [-0.15, -0.1) is 10.2 Å². The molecule has 1 aromatic carbocycles. The van der Waals surface area contributed by atoms with Crippen LogP contribution in [0.4, 0.5) is 0 Å². The summed E-state index contributed by atoms with van der Waals surface area (Å²) >= 11 is 0. The Bertz CT molecular complexity index is 756. The van der Waals surface area contributed by atoms with E-state index in [4.69, 9.17) is 13.9 Å². The summed E-state index contributed by atoms with van der Waals surface area (Å²) < 4.78 is 17.1. The molecule has 1 unspecified atom stereocenters. The lowest BCUT2D eigenvalue weighted by molar-refractivity contribution is -0.0350. The maximum absolute atomic E-state index is 13.0. The molecule has 7 heteroatoms. The molecule has 1 aromatic heterocycles. The molecular weight excluding hydrogens is 322 g/mol. The maximum Gasteiger partial charge on any atom is 0.257 e. The maximum atomic E-state index is 13.0.